The molecule has 18 heavy (non-hydrogen) atoms. The van der Waals surface area contributed by atoms with Crippen LogP contribution in [0.15, 0.2) is 12.4 Å². The number of halogens is 3. The fourth-order valence-corrected chi connectivity index (χ4v) is 1.18. The summed E-state index contributed by atoms with van der Waals surface area (Å²) < 4.78 is 43.3. The predicted octanol–water partition coefficient (Wildman–Crippen LogP) is 2.79. The van der Waals surface area contributed by atoms with Gasteiger partial charge in [-0.15, -0.1) is 0 Å². The van der Waals surface area contributed by atoms with Crippen molar-refractivity contribution in [3.05, 3.63) is 18.0 Å². The fourth-order valence-electron chi connectivity index (χ4n) is 1.18. The zero-order chi connectivity index (χ0) is 14.1. The van der Waals surface area contributed by atoms with Crippen molar-refractivity contribution in [2.45, 2.75) is 39.2 Å². The number of rotatable bonds is 3. The molecule has 0 fully saturated rings. The summed E-state index contributed by atoms with van der Waals surface area (Å²) in [6, 6.07) is 0. The normalized spacial score (nSPS) is 14.4. The van der Waals surface area contributed by atoms with Gasteiger partial charge in [-0.2, -0.15) is 5.10 Å². The molecule has 0 bridgehead atoms. The third kappa shape index (κ3) is 3.78. The van der Waals surface area contributed by atoms with E-state index in [4.69, 9.17) is 4.74 Å². The molecule has 0 radical (unpaired) electrons. The quantitative estimate of drug-likeness (QED) is 0.622. The lowest BCUT2D eigenvalue weighted by Gasteiger charge is -2.22. The van der Waals surface area contributed by atoms with Gasteiger partial charge in [0.1, 0.15) is 5.60 Å². The van der Waals surface area contributed by atoms with E-state index in [2.05, 4.69) is 5.10 Å². The summed E-state index contributed by atoms with van der Waals surface area (Å²) in [5, 5.41) is 3.55. The standard InChI is InChI=1S/C10H15BF3N2O2/c1-7(11(12,13)14)16-6-8(5-15-16)9(17)18-10(2,3)4/h5-7H,1-4H3/q-1. The summed E-state index contributed by atoms with van der Waals surface area (Å²) in [5.74, 6) is -2.41. The van der Waals surface area contributed by atoms with Gasteiger partial charge in [0.15, 0.2) is 0 Å². The molecule has 1 heterocycles. The first-order valence-electron chi connectivity index (χ1n) is 5.48. The Labute approximate surface area is 103 Å². The molecule has 0 aliphatic heterocycles. The molecule has 1 unspecified atom stereocenters. The Hall–Kier alpha value is -1.47. The predicted molar refractivity (Wildman–Crippen MR) is 61.2 cm³/mol. The van der Waals surface area contributed by atoms with E-state index in [1.54, 1.807) is 20.8 Å². The second kappa shape index (κ2) is 4.66. The molecule has 0 amide bonds. The van der Waals surface area contributed by atoms with Crippen LogP contribution in [0.3, 0.4) is 0 Å². The number of esters is 1. The van der Waals surface area contributed by atoms with Gasteiger partial charge in [0.2, 0.25) is 0 Å². The van der Waals surface area contributed by atoms with Crippen molar-refractivity contribution in [3.63, 3.8) is 0 Å². The van der Waals surface area contributed by atoms with Crippen molar-refractivity contribution >= 4 is 12.9 Å². The topological polar surface area (TPSA) is 44.1 Å². The minimum atomic E-state index is -5.04. The average Bonchev–Trinajstić information content (AvgIpc) is 2.60. The van der Waals surface area contributed by atoms with Crippen molar-refractivity contribution in [1.29, 1.82) is 0 Å². The second-order valence-corrected chi connectivity index (χ2v) is 5.08. The maximum absolute atomic E-state index is 12.5. The van der Waals surface area contributed by atoms with Crippen LogP contribution in [0.4, 0.5) is 12.9 Å². The van der Waals surface area contributed by atoms with Gasteiger partial charge in [-0.05, 0) is 20.8 Å². The number of hydrogen-bond acceptors (Lipinski definition) is 3. The largest absolute Gasteiger partial charge is 0.502 e. The maximum atomic E-state index is 12.5. The lowest BCUT2D eigenvalue weighted by atomic mass is 9.81. The highest BCUT2D eigenvalue weighted by Crippen LogP contribution is 2.24. The molecule has 0 aromatic carbocycles. The summed E-state index contributed by atoms with van der Waals surface area (Å²) in [4.78, 5) is 11.6. The van der Waals surface area contributed by atoms with Crippen molar-refractivity contribution < 1.29 is 22.5 Å². The van der Waals surface area contributed by atoms with E-state index in [0.29, 0.717) is 0 Å². The SMILES string of the molecule is CC(n1cc(C(=O)OC(C)(C)C)cn1)[B-](F)(F)F. The van der Waals surface area contributed by atoms with Crippen molar-refractivity contribution in [2.75, 3.05) is 0 Å². The number of carbonyl (C=O) groups is 1. The molecular weight excluding hydrogens is 248 g/mol. The maximum Gasteiger partial charge on any atom is 0.502 e. The fraction of sp³-hybridized carbons (Fsp3) is 0.600. The molecule has 0 saturated heterocycles. The third-order valence-corrected chi connectivity index (χ3v) is 2.20. The molecule has 0 spiro atoms. The Balaban J connectivity index is 2.84. The number of hydrogen-bond donors (Lipinski definition) is 0. The molecule has 102 valence electrons. The van der Waals surface area contributed by atoms with Crippen molar-refractivity contribution in [2.24, 2.45) is 0 Å². The zero-order valence-electron chi connectivity index (χ0n) is 10.7. The number of carbonyl (C=O) groups excluding carboxylic acids is 1. The Morgan fingerprint density at radius 2 is 2.00 bits per heavy atom. The van der Waals surface area contributed by atoms with Gasteiger partial charge in [-0.3, -0.25) is 4.68 Å². The van der Waals surface area contributed by atoms with Crippen LogP contribution in [0.2, 0.25) is 0 Å². The molecule has 1 atom stereocenters. The lowest BCUT2D eigenvalue weighted by Crippen LogP contribution is -2.30. The van der Waals surface area contributed by atoms with Gasteiger partial charge in [0.25, 0.3) is 0 Å². The van der Waals surface area contributed by atoms with Crippen LogP contribution < -0.4 is 0 Å². The van der Waals surface area contributed by atoms with Crippen LogP contribution in [0, 0.1) is 0 Å². The van der Waals surface area contributed by atoms with E-state index in [1.807, 2.05) is 0 Å². The van der Waals surface area contributed by atoms with E-state index in [-0.39, 0.29) is 5.56 Å². The van der Waals surface area contributed by atoms with Crippen LogP contribution in [0.1, 0.15) is 44.0 Å². The molecule has 0 N–H and O–H groups in total. The van der Waals surface area contributed by atoms with E-state index in [1.165, 1.54) is 0 Å². The summed E-state index contributed by atoms with van der Waals surface area (Å²) >= 11 is 0. The number of nitrogens with zero attached hydrogens (tertiary/aromatic N) is 2. The van der Waals surface area contributed by atoms with Crippen LogP contribution >= 0.6 is 0 Å². The summed E-state index contributed by atoms with van der Waals surface area (Å²) in [6.45, 7) is 0.981. The Kier molecular flexibility index (Phi) is 3.78. The highest BCUT2D eigenvalue weighted by Gasteiger charge is 2.33. The van der Waals surface area contributed by atoms with Crippen molar-refractivity contribution in [1.82, 2.24) is 9.78 Å². The van der Waals surface area contributed by atoms with Gasteiger partial charge in [-0.1, -0.05) is 6.92 Å². The first kappa shape index (κ1) is 14.6. The second-order valence-electron chi connectivity index (χ2n) is 5.08. The minimum absolute atomic E-state index is 0.0109. The molecule has 8 heteroatoms. The van der Waals surface area contributed by atoms with E-state index in [9.17, 15) is 17.7 Å². The molecule has 0 aliphatic carbocycles. The van der Waals surface area contributed by atoms with Crippen LogP contribution in [-0.2, 0) is 4.74 Å². The van der Waals surface area contributed by atoms with E-state index in [0.717, 1.165) is 24.0 Å². The monoisotopic (exact) mass is 263 g/mol. The first-order valence-corrected chi connectivity index (χ1v) is 5.48. The molecule has 1 aromatic heterocycles. The lowest BCUT2D eigenvalue weighted by molar-refractivity contribution is 0.00693. The molecule has 0 aliphatic rings. The molecule has 0 saturated carbocycles. The summed E-state index contributed by atoms with van der Waals surface area (Å²) in [5.41, 5.74) is -0.685. The Morgan fingerprint density at radius 1 is 1.44 bits per heavy atom. The molecule has 4 nitrogen and oxygen atoms in total. The smallest absolute Gasteiger partial charge is 0.456 e. The van der Waals surface area contributed by atoms with Gasteiger partial charge >= 0.3 is 12.9 Å². The summed E-state index contributed by atoms with van der Waals surface area (Å²) in [7, 11) is 0. The summed E-state index contributed by atoms with van der Waals surface area (Å²) in [6.07, 6.45) is 2.13. The van der Waals surface area contributed by atoms with Crippen LogP contribution in [-0.4, -0.2) is 28.3 Å². The van der Waals surface area contributed by atoms with Gasteiger partial charge in [-0.25, -0.2) is 4.79 Å². The number of ether oxygens (including phenoxy) is 1. The van der Waals surface area contributed by atoms with Gasteiger partial charge < -0.3 is 17.7 Å². The minimum Gasteiger partial charge on any atom is -0.456 e. The molecular formula is C10H15BF3N2O2-. The average molecular weight is 263 g/mol. The van der Waals surface area contributed by atoms with Crippen molar-refractivity contribution in [3.8, 4) is 0 Å². The van der Waals surface area contributed by atoms with Crippen LogP contribution in [0.25, 0.3) is 0 Å². The van der Waals surface area contributed by atoms with Gasteiger partial charge in [0, 0.05) is 12.1 Å². The highest BCUT2D eigenvalue weighted by molar-refractivity contribution is 6.59. The van der Waals surface area contributed by atoms with Crippen LogP contribution in [0.5, 0.6) is 0 Å². The van der Waals surface area contributed by atoms with E-state index >= 15 is 0 Å². The highest BCUT2D eigenvalue weighted by atomic mass is 19.4. The number of aromatic nitrogens is 2. The Bertz CT molecular complexity index is 437. The third-order valence-electron chi connectivity index (χ3n) is 2.20. The molecule has 1 rings (SSSR count). The Morgan fingerprint density at radius 3 is 2.44 bits per heavy atom. The molecule has 1 aromatic rings. The van der Waals surface area contributed by atoms with Gasteiger partial charge in [0.05, 0.1) is 11.8 Å². The first-order chi connectivity index (χ1) is 8.00. The zero-order valence-corrected chi connectivity index (χ0v) is 10.7. The van der Waals surface area contributed by atoms with E-state index < -0.39 is 24.5 Å².